The molecule has 1 amide bonds. The first-order valence-corrected chi connectivity index (χ1v) is 23.2. The Labute approximate surface area is 324 Å². The smallest absolute Gasteiger partial charge is 0.249 e. The number of nitrogens with one attached hydrogen (secondary N) is 1. The van der Waals surface area contributed by atoms with Crippen LogP contribution in [-0.2, 0) is 4.79 Å². The summed E-state index contributed by atoms with van der Waals surface area (Å²) in [6.07, 6.45) is 52.2. The van der Waals surface area contributed by atoms with Crippen molar-refractivity contribution in [2.45, 2.75) is 263 Å². The average molecular weight is 734 g/mol. The average Bonchev–Trinajstić information content (AvgIpc) is 3.15. The molecule has 0 spiro atoms. The van der Waals surface area contributed by atoms with E-state index in [4.69, 9.17) is 0 Å². The molecule has 0 bridgehead atoms. The van der Waals surface area contributed by atoms with Crippen molar-refractivity contribution in [1.82, 2.24) is 5.32 Å². The van der Waals surface area contributed by atoms with E-state index in [1.54, 1.807) is 6.08 Å². The molecular formula is C47H91NO4. The summed E-state index contributed by atoms with van der Waals surface area (Å²) in [6.45, 7) is 4.18. The molecule has 3 atom stereocenters. The highest BCUT2D eigenvalue weighted by Gasteiger charge is 2.22. The molecule has 0 aromatic heterocycles. The van der Waals surface area contributed by atoms with Crippen molar-refractivity contribution in [2.75, 3.05) is 6.61 Å². The minimum atomic E-state index is -1.10. The number of rotatable bonds is 42. The maximum atomic E-state index is 12.5. The Kier molecular flexibility index (Phi) is 41.6. The van der Waals surface area contributed by atoms with E-state index >= 15 is 0 Å². The topological polar surface area (TPSA) is 89.8 Å². The minimum absolute atomic E-state index is 0.373. The van der Waals surface area contributed by atoms with Crippen molar-refractivity contribution < 1.29 is 20.1 Å². The van der Waals surface area contributed by atoms with Gasteiger partial charge in [0.15, 0.2) is 0 Å². The Hall–Kier alpha value is -1.17. The lowest BCUT2D eigenvalue weighted by Crippen LogP contribution is -2.48. The van der Waals surface area contributed by atoms with Gasteiger partial charge in [0.2, 0.25) is 5.91 Å². The number of unbranched alkanes of at least 4 members (excludes halogenated alkanes) is 32. The van der Waals surface area contributed by atoms with Crippen LogP contribution in [0.4, 0.5) is 0 Å². The fourth-order valence-corrected chi connectivity index (χ4v) is 7.14. The summed E-state index contributed by atoms with van der Waals surface area (Å²) in [5, 5.41) is 33.1. The fraction of sp³-hybridized carbons (Fsp3) is 0.894. The molecule has 0 aromatic carbocycles. The van der Waals surface area contributed by atoms with Crippen molar-refractivity contribution in [3.8, 4) is 0 Å². The van der Waals surface area contributed by atoms with Crippen LogP contribution in [0.1, 0.15) is 245 Å². The van der Waals surface area contributed by atoms with Crippen LogP contribution in [0.3, 0.4) is 0 Å². The third-order valence-corrected chi connectivity index (χ3v) is 10.8. The summed E-state index contributed by atoms with van der Waals surface area (Å²) in [6, 6.07) is -0.810. The molecule has 4 N–H and O–H groups in total. The van der Waals surface area contributed by atoms with Crippen molar-refractivity contribution >= 4 is 5.91 Å². The second kappa shape index (κ2) is 42.6. The SMILES string of the molecule is CCCCCCCCCCCCCCCCCCC/C=C/CC/C=C/C(O)C(CO)NC(=O)C(O)CCCCCCCCCCCCCCCCC. The number of carbonyl (C=O) groups excluding carboxylic acids is 1. The largest absolute Gasteiger partial charge is 0.394 e. The maximum absolute atomic E-state index is 12.5. The first-order chi connectivity index (χ1) is 25.6. The van der Waals surface area contributed by atoms with Gasteiger partial charge in [0.1, 0.15) is 6.10 Å². The first-order valence-electron chi connectivity index (χ1n) is 23.2. The number of amides is 1. The van der Waals surface area contributed by atoms with Gasteiger partial charge < -0.3 is 20.6 Å². The zero-order chi connectivity index (χ0) is 38.0. The van der Waals surface area contributed by atoms with Gasteiger partial charge in [-0.15, -0.1) is 0 Å². The predicted molar refractivity (Wildman–Crippen MR) is 227 cm³/mol. The van der Waals surface area contributed by atoms with Gasteiger partial charge in [-0.1, -0.05) is 237 Å². The zero-order valence-electron chi connectivity index (χ0n) is 35.0. The van der Waals surface area contributed by atoms with Crippen molar-refractivity contribution in [3.63, 3.8) is 0 Å². The van der Waals surface area contributed by atoms with Gasteiger partial charge in [0.05, 0.1) is 18.8 Å². The molecule has 3 unspecified atom stereocenters. The summed E-state index contributed by atoms with van der Waals surface area (Å²) < 4.78 is 0. The summed E-state index contributed by atoms with van der Waals surface area (Å²) in [4.78, 5) is 12.5. The highest BCUT2D eigenvalue weighted by molar-refractivity contribution is 5.80. The van der Waals surface area contributed by atoms with Crippen LogP contribution >= 0.6 is 0 Å². The van der Waals surface area contributed by atoms with Gasteiger partial charge in [0.25, 0.3) is 0 Å². The van der Waals surface area contributed by atoms with E-state index in [1.807, 2.05) is 6.08 Å². The van der Waals surface area contributed by atoms with E-state index in [2.05, 4.69) is 31.3 Å². The van der Waals surface area contributed by atoms with Crippen molar-refractivity contribution in [1.29, 1.82) is 0 Å². The molecule has 0 aliphatic rings. The molecule has 52 heavy (non-hydrogen) atoms. The Morgan fingerprint density at radius 3 is 1.17 bits per heavy atom. The van der Waals surface area contributed by atoms with Crippen LogP contribution < -0.4 is 5.32 Å². The van der Waals surface area contributed by atoms with Gasteiger partial charge in [-0.2, -0.15) is 0 Å². The summed E-state index contributed by atoms with van der Waals surface area (Å²) in [5.74, 6) is -0.510. The van der Waals surface area contributed by atoms with Crippen molar-refractivity contribution in [2.24, 2.45) is 0 Å². The molecule has 308 valence electrons. The Bertz CT molecular complexity index is 768. The van der Waals surface area contributed by atoms with E-state index < -0.39 is 24.2 Å². The van der Waals surface area contributed by atoms with Gasteiger partial charge in [-0.25, -0.2) is 0 Å². The normalized spacial score (nSPS) is 13.7. The van der Waals surface area contributed by atoms with E-state index in [0.29, 0.717) is 6.42 Å². The van der Waals surface area contributed by atoms with E-state index in [0.717, 1.165) is 38.5 Å². The second-order valence-corrected chi connectivity index (χ2v) is 16.0. The molecule has 0 aliphatic heterocycles. The molecule has 0 rings (SSSR count). The van der Waals surface area contributed by atoms with E-state index in [-0.39, 0.29) is 6.61 Å². The lowest BCUT2D eigenvalue weighted by molar-refractivity contribution is -0.131. The highest BCUT2D eigenvalue weighted by Crippen LogP contribution is 2.16. The number of aliphatic hydroxyl groups excluding tert-OH is 3. The third kappa shape index (κ3) is 37.2. The van der Waals surface area contributed by atoms with E-state index in [1.165, 1.54) is 186 Å². The molecule has 0 aliphatic carbocycles. The molecule has 0 aromatic rings. The molecule has 0 saturated carbocycles. The Balaban J connectivity index is 3.66. The van der Waals surface area contributed by atoms with Gasteiger partial charge in [-0.3, -0.25) is 4.79 Å². The highest BCUT2D eigenvalue weighted by atomic mass is 16.3. The first kappa shape index (κ1) is 50.8. The molecule has 5 nitrogen and oxygen atoms in total. The van der Waals surface area contributed by atoms with Gasteiger partial charge in [0, 0.05) is 0 Å². The number of hydrogen-bond acceptors (Lipinski definition) is 4. The second-order valence-electron chi connectivity index (χ2n) is 16.0. The van der Waals surface area contributed by atoms with Crippen molar-refractivity contribution in [3.05, 3.63) is 24.3 Å². The van der Waals surface area contributed by atoms with Gasteiger partial charge >= 0.3 is 0 Å². The predicted octanol–water partition coefficient (Wildman–Crippen LogP) is 13.4. The van der Waals surface area contributed by atoms with Crippen LogP contribution in [0.2, 0.25) is 0 Å². The summed E-state index contributed by atoms with van der Waals surface area (Å²) in [7, 11) is 0. The number of carbonyl (C=O) groups is 1. The van der Waals surface area contributed by atoms with Crippen LogP contribution in [0.15, 0.2) is 24.3 Å². The maximum Gasteiger partial charge on any atom is 0.249 e. The van der Waals surface area contributed by atoms with E-state index in [9.17, 15) is 20.1 Å². The number of hydrogen-bond donors (Lipinski definition) is 4. The quantitative estimate of drug-likeness (QED) is 0.0371. The summed E-state index contributed by atoms with van der Waals surface area (Å²) in [5.41, 5.74) is 0. The Morgan fingerprint density at radius 2 is 0.788 bits per heavy atom. The fourth-order valence-electron chi connectivity index (χ4n) is 7.14. The number of allylic oxidation sites excluding steroid dienone is 3. The molecule has 0 heterocycles. The lowest BCUT2D eigenvalue weighted by atomic mass is 10.0. The monoisotopic (exact) mass is 734 g/mol. The molecular weight excluding hydrogens is 643 g/mol. The minimum Gasteiger partial charge on any atom is -0.394 e. The molecule has 5 heteroatoms. The van der Waals surface area contributed by atoms with Gasteiger partial charge in [-0.05, 0) is 32.1 Å². The van der Waals surface area contributed by atoms with Crippen LogP contribution in [0, 0.1) is 0 Å². The molecule has 0 fully saturated rings. The van der Waals surface area contributed by atoms with Crippen LogP contribution in [0.5, 0.6) is 0 Å². The molecule has 0 saturated heterocycles. The zero-order valence-corrected chi connectivity index (χ0v) is 35.0. The summed E-state index contributed by atoms with van der Waals surface area (Å²) >= 11 is 0. The van der Waals surface area contributed by atoms with Crippen LogP contribution in [-0.4, -0.2) is 46.1 Å². The molecule has 0 radical (unpaired) electrons. The van der Waals surface area contributed by atoms with Crippen LogP contribution in [0.25, 0.3) is 0 Å². The number of aliphatic hydroxyl groups is 3. The lowest BCUT2D eigenvalue weighted by Gasteiger charge is -2.21. The standard InChI is InChI=1S/C47H91NO4/c1-3-5-7-9-11-13-15-17-19-20-21-22-23-24-25-26-28-29-31-33-35-37-39-41-45(50)44(43-49)48-47(52)46(51)42-40-38-36-34-32-30-27-18-16-14-12-10-8-6-4-2/h31,33,39,41,44-46,49-51H,3-30,32,34-38,40,42-43H2,1-2H3,(H,48,52)/b33-31+,41-39+. The third-order valence-electron chi connectivity index (χ3n) is 10.8. The Morgan fingerprint density at radius 1 is 0.462 bits per heavy atom.